The second kappa shape index (κ2) is 9.88. The second-order valence-corrected chi connectivity index (χ2v) is 8.28. The summed E-state index contributed by atoms with van der Waals surface area (Å²) in [5, 5.41) is 0. The van der Waals surface area contributed by atoms with Crippen LogP contribution in [0.1, 0.15) is 54.9 Å². The van der Waals surface area contributed by atoms with E-state index >= 15 is 0 Å². The van der Waals surface area contributed by atoms with Crippen LogP contribution in [0, 0.1) is 0 Å². The highest BCUT2D eigenvalue weighted by atomic mass is 16.5. The van der Waals surface area contributed by atoms with Crippen LogP contribution in [0.4, 0.5) is 0 Å². The summed E-state index contributed by atoms with van der Waals surface area (Å²) in [5.41, 5.74) is 8.11. The van der Waals surface area contributed by atoms with Crippen LogP contribution in [0.2, 0.25) is 0 Å². The van der Waals surface area contributed by atoms with E-state index in [0.29, 0.717) is 6.61 Å². The predicted octanol–water partition coefficient (Wildman–Crippen LogP) is 4.98. The number of carbonyl (C=O) groups excluding carboxylic acids is 2. The van der Waals surface area contributed by atoms with E-state index in [9.17, 15) is 9.59 Å². The van der Waals surface area contributed by atoms with Gasteiger partial charge in [-0.05, 0) is 54.0 Å². The molecule has 0 radical (unpaired) electrons. The van der Waals surface area contributed by atoms with Crippen LogP contribution < -0.4 is 0 Å². The number of benzene rings is 2. The van der Waals surface area contributed by atoms with E-state index in [1.807, 2.05) is 0 Å². The number of carbonyl (C=O) groups is 2. The molecule has 1 heterocycles. The Kier molecular flexibility index (Phi) is 6.78. The number of fused-ring (bicyclic) bond motifs is 2. The molecule has 0 amide bonds. The second-order valence-electron chi connectivity index (χ2n) is 8.28. The van der Waals surface area contributed by atoms with Gasteiger partial charge in [0.2, 0.25) is 0 Å². The Morgan fingerprint density at radius 1 is 0.903 bits per heavy atom. The van der Waals surface area contributed by atoms with E-state index in [1.54, 1.807) is 0 Å². The quantitative estimate of drug-likeness (QED) is 0.324. The van der Waals surface area contributed by atoms with E-state index in [4.69, 9.17) is 4.74 Å². The van der Waals surface area contributed by atoms with Crippen molar-refractivity contribution in [1.29, 1.82) is 0 Å². The smallest absolute Gasteiger partial charge is 0.313 e. The van der Waals surface area contributed by atoms with Crippen molar-refractivity contribution in [3.63, 3.8) is 0 Å². The minimum Gasteiger partial charge on any atom is -0.465 e. The maximum absolute atomic E-state index is 11.5. The Balaban J connectivity index is 1.43. The first-order valence-corrected chi connectivity index (χ1v) is 11.1. The first-order chi connectivity index (χ1) is 15.1. The molecule has 1 fully saturated rings. The van der Waals surface area contributed by atoms with Crippen LogP contribution in [0.3, 0.4) is 0 Å². The fraction of sp³-hybridized carbons (Fsp3) is 0.333. The van der Waals surface area contributed by atoms with Gasteiger partial charge >= 0.3 is 5.97 Å². The number of ketones is 1. The van der Waals surface area contributed by atoms with Crippen molar-refractivity contribution < 1.29 is 14.3 Å². The number of likely N-dealkylation sites (tertiary alicyclic amines) is 1. The van der Waals surface area contributed by atoms with E-state index < -0.39 is 5.97 Å². The molecule has 1 aliphatic heterocycles. The number of nitrogens with zero attached hydrogens (tertiary/aromatic N) is 1. The summed E-state index contributed by atoms with van der Waals surface area (Å²) in [4.78, 5) is 24.9. The van der Waals surface area contributed by atoms with Crippen molar-refractivity contribution in [2.24, 2.45) is 0 Å². The van der Waals surface area contributed by atoms with Crippen molar-refractivity contribution in [2.45, 2.75) is 32.6 Å². The van der Waals surface area contributed by atoms with E-state index in [0.717, 1.165) is 38.9 Å². The molecular weight excluding hydrogens is 386 g/mol. The molecule has 0 bridgehead atoms. The van der Waals surface area contributed by atoms with E-state index in [1.165, 1.54) is 40.3 Å². The lowest BCUT2D eigenvalue weighted by molar-refractivity contribution is -0.145. The zero-order chi connectivity index (χ0) is 21.6. The largest absolute Gasteiger partial charge is 0.465 e. The van der Waals surface area contributed by atoms with Crippen LogP contribution >= 0.6 is 0 Å². The minimum atomic E-state index is -0.419. The third kappa shape index (κ3) is 5.20. The monoisotopic (exact) mass is 415 g/mol. The fourth-order valence-electron chi connectivity index (χ4n) is 4.47. The highest BCUT2D eigenvalue weighted by molar-refractivity contribution is 5.95. The van der Waals surface area contributed by atoms with Crippen LogP contribution in [-0.4, -0.2) is 42.9 Å². The van der Waals surface area contributed by atoms with Gasteiger partial charge in [0.05, 0.1) is 6.61 Å². The van der Waals surface area contributed by atoms with Crippen LogP contribution in [0.25, 0.3) is 17.7 Å². The Bertz CT molecular complexity index is 973. The molecule has 0 atom stereocenters. The molecule has 31 heavy (non-hydrogen) atoms. The fourth-order valence-corrected chi connectivity index (χ4v) is 4.47. The third-order valence-electron chi connectivity index (χ3n) is 5.99. The van der Waals surface area contributed by atoms with Gasteiger partial charge in [-0.25, -0.2) is 0 Å². The summed E-state index contributed by atoms with van der Waals surface area (Å²) in [6, 6.07) is 17.3. The number of ether oxygens (including phenoxy) is 1. The third-order valence-corrected chi connectivity index (χ3v) is 5.99. The predicted molar refractivity (Wildman–Crippen MR) is 124 cm³/mol. The Labute approximate surface area is 184 Å². The minimum absolute atomic E-state index is 0.127. The summed E-state index contributed by atoms with van der Waals surface area (Å²) in [6.07, 6.45) is 7.21. The SMILES string of the molecule is CC(=O)CC(=O)OCCCN1CCC(=C2c3ccccc3C=Cc3ccccc32)CC1. The maximum Gasteiger partial charge on any atom is 0.313 e. The Morgan fingerprint density at radius 2 is 1.48 bits per heavy atom. The van der Waals surface area contributed by atoms with Gasteiger partial charge < -0.3 is 9.64 Å². The van der Waals surface area contributed by atoms with Gasteiger partial charge in [0.25, 0.3) is 0 Å². The van der Waals surface area contributed by atoms with Gasteiger partial charge in [-0.1, -0.05) is 66.3 Å². The number of esters is 1. The molecular formula is C27H29NO3. The number of piperidine rings is 1. The summed E-state index contributed by atoms with van der Waals surface area (Å²) < 4.78 is 5.15. The van der Waals surface area contributed by atoms with Crippen LogP contribution in [0.5, 0.6) is 0 Å². The zero-order valence-corrected chi connectivity index (χ0v) is 18.1. The molecule has 4 heteroatoms. The molecule has 4 nitrogen and oxygen atoms in total. The average molecular weight is 416 g/mol. The van der Waals surface area contributed by atoms with Crippen LogP contribution in [-0.2, 0) is 14.3 Å². The molecule has 1 saturated heterocycles. The molecule has 2 aromatic rings. The molecule has 2 aromatic carbocycles. The lowest BCUT2D eigenvalue weighted by atomic mass is 9.86. The first kappa shape index (κ1) is 21.3. The summed E-state index contributed by atoms with van der Waals surface area (Å²) in [6.45, 7) is 4.71. The van der Waals surface area contributed by atoms with Crippen molar-refractivity contribution in [1.82, 2.24) is 4.90 Å². The standard InChI is InChI=1S/C27H29NO3/c1-20(29)19-26(30)31-18-6-15-28-16-13-23(14-17-28)27-24-9-4-2-7-21(24)11-12-22-8-3-5-10-25(22)27/h2-5,7-12H,6,13-19H2,1H3. The van der Waals surface area contributed by atoms with Crippen molar-refractivity contribution >= 4 is 29.5 Å². The molecule has 160 valence electrons. The molecule has 2 aliphatic rings. The molecule has 0 N–H and O–H groups in total. The molecule has 0 spiro atoms. The Hall–Kier alpha value is -2.98. The first-order valence-electron chi connectivity index (χ1n) is 11.1. The molecule has 4 rings (SSSR count). The van der Waals surface area contributed by atoms with Gasteiger partial charge in [-0.3, -0.25) is 9.59 Å². The number of hydrogen-bond acceptors (Lipinski definition) is 4. The molecule has 1 aliphatic carbocycles. The maximum atomic E-state index is 11.5. The van der Waals surface area contributed by atoms with Gasteiger partial charge in [0.1, 0.15) is 12.2 Å². The van der Waals surface area contributed by atoms with Gasteiger partial charge in [-0.15, -0.1) is 0 Å². The summed E-state index contributed by atoms with van der Waals surface area (Å²) >= 11 is 0. The topological polar surface area (TPSA) is 46.6 Å². The highest BCUT2D eigenvalue weighted by Gasteiger charge is 2.22. The lowest BCUT2D eigenvalue weighted by Crippen LogP contribution is -2.32. The highest BCUT2D eigenvalue weighted by Crippen LogP contribution is 2.38. The van der Waals surface area contributed by atoms with Crippen LogP contribution in [0.15, 0.2) is 54.1 Å². The normalized spacial score (nSPS) is 15.8. The summed E-state index contributed by atoms with van der Waals surface area (Å²) in [5.74, 6) is -0.573. The zero-order valence-electron chi connectivity index (χ0n) is 18.1. The van der Waals surface area contributed by atoms with Gasteiger partial charge in [0, 0.05) is 19.6 Å². The van der Waals surface area contributed by atoms with E-state index in [2.05, 4.69) is 65.6 Å². The van der Waals surface area contributed by atoms with Crippen molar-refractivity contribution in [2.75, 3.05) is 26.2 Å². The molecule has 0 unspecified atom stereocenters. The number of Topliss-reactive ketones (excluding diaryl/α,β-unsaturated/α-hetero) is 1. The number of rotatable bonds is 6. The average Bonchev–Trinajstić information content (AvgIpc) is 2.94. The molecule has 0 saturated carbocycles. The number of hydrogen-bond donors (Lipinski definition) is 0. The van der Waals surface area contributed by atoms with Crippen molar-refractivity contribution in [3.05, 3.63) is 76.4 Å². The van der Waals surface area contributed by atoms with Gasteiger partial charge in [-0.2, -0.15) is 0 Å². The van der Waals surface area contributed by atoms with Gasteiger partial charge in [0.15, 0.2) is 0 Å². The lowest BCUT2D eigenvalue weighted by Gasteiger charge is -2.30. The molecule has 0 aromatic heterocycles. The van der Waals surface area contributed by atoms with Crippen molar-refractivity contribution in [3.8, 4) is 0 Å². The van der Waals surface area contributed by atoms with E-state index in [-0.39, 0.29) is 12.2 Å². The Morgan fingerprint density at radius 3 is 2.06 bits per heavy atom. The summed E-state index contributed by atoms with van der Waals surface area (Å²) in [7, 11) is 0.